The highest BCUT2D eigenvalue weighted by Crippen LogP contribution is 2.35. The smallest absolute Gasteiger partial charge is 0.160 e. The molecule has 17 heavy (non-hydrogen) atoms. The fraction of sp³-hybridized carbons (Fsp3) is 0.571. The lowest BCUT2D eigenvalue weighted by atomic mass is 9.95. The van der Waals surface area contributed by atoms with E-state index < -0.39 is 0 Å². The molecule has 0 saturated carbocycles. The molecule has 1 fully saturated rings. The van der Waals surface area contributed by atoms with Crippen LogP contribution in [-0.4, -0.2) is 26.4 Å². The molecule has 3 nitrogen and oxygen atoms in total. The molecule has 0 radical (unpaired) electrons. The molecule has 2 rings (SSSR count). The summed E-state index contributed by atoms with van der Waals surface area (Å²) in [6, 6.07) is 6.11. The quantitative estimate of drug-likeness (QED) is 0.736. The van der Waals surface area contributed by atoms with Crippen LogP contribution in [0.3, 0.4) is 0 Å². The van der Waals surface area contributed by atoms with Crippen LogP contribution in [-0.2, 0) is 4.74 Å². The van der Waals surface area contributed by atoms with E-state index in [-0.39, 0.29) is 0 Å². The van der Waals surface area contributed by atoms with Crippen LogP contribution in [0.5, 0.6) is 11.5 Å². The number of benzene rings is 1. The van der Waals surface area contributed by atoms with E-state index >= 15 is 0 Å². The second-order valence-electron chi connectivity index (χ2n) is 4.63. The van der Waals surface area contributed by atoms with Crippen molar-refractivity contribution < 1.29 is 14.2 Å². The second kappa shape index (κ2) is 4.96. The van der Waals surface area contributed by atoms with Crippen molar-refractivity contribution in [3.63, 3.8) is 0 Å². The molecule has 3 unspecified atom stereocenters. The van der Waals surface area contributed by atoms with Gasteiger partial charge in [-0.2, -0.15) is 0 Å². The number of ether oxygens (including phenoxy) is 3. The molecule has 1 saturated heterocycles. The first-order chi connectivity index (χ1) is 8.15. The van der Waals surface area contributed by atoms with Crippen molar-refractivity contribution >= 4 is 0 Å². The van der Waals surface area contributed by atoms with Gasteiger partial charge in [-0.25, -0.2) is 0 Å². The molecule has 1 aliphatic heterocycles. The SMILES string of the molecule is COc1ccc(C(C)CC2OC2C)cc1OC. The minimum absolute atomic E-state index is 0.428. The molecule has 0 amide bonds. The van der Waals surface area contributed by atoms with Crippen molar-refractivity contribution in [2.45, 2.75) is 38.4 Å². The van der Waals surface area contributed by atoms with Gasteiger partial charge in [-0.05, 0) is 37.0 Å². The highest BCUT2D eigenvalue weighted by molar-refractivity contribution is 5.43. The lowest BCUT2D eigenvalue weighted by Crippen LogP contribution is -2.01. The third kappa shape index (κ3) is 2.72. The molecule has 3 heteroatoms. The van der Waals surface area contributed by atoms with Gasteiger partial charge in [-0.1, -0.05) is 13.0 Å². The summed E-state index contributed by atoms with van der Waals surface area (Å²) in [4.78, 5) is 0. The summed E-state index contributed by atoms with van der Waals surface area (Å²) in [5.41, 5.74) is 1.27. The van der Waals surface area contributed by atoms with E-state index in [1.165, 1.54) is 5.56 Å². The van der Waals surface area contributed by atoms with Gasteiger partial charge in [0.15, 0.2) is 11.5 Å². The summed E-state index contributed by atoms with van der Waals surface area (Å²) in [5.74, 6) is 2.05. The topological polar surface area (TPSA) is 31.0 Å². The van der Waals surface area contributed by atoms with Crippen LogP contribution in [0, 0.1) is 0 Å². The van der Waals surface area contributed by atoms with Gasteiger partial charge in [0.05, 0.1) is 26.4 Å². The highest BCUT2D eigenvalue weighted by Gasteiger charge is 2.35. The Bertz CT molecular complexity index is 389. The first-order valence-corrected chi connectivity index (χ1v) is 6.03. The van der Waals surface area contributed by atoms with Gasteiger partial charge in [-0.15, -0.1) is 0 Å². The van der Waals surface area contributed by atoms with E-state index in [4.69, 9.17) is 14.2 Å². The van der Waals surface area contributed by atoms with Gasteiger partial charge in [0.1, 0.15) is 0 Å². The third-order valence-electron chi connectivity index (χ3n) is 3.40. The molecule has 0 bridgehead atoms. The molecular formula is C14H20O3. The van der Waals surface area contributed by atoms with E-state index in [1.807, 2.05) is 6.07 Å². The first kappa shape index (κ1) is 12.2. The number of rotatable bonds is 5. The molecule has 1 aliphatic rings. The molecule has 0 aliphatic carbocycles. The lowest BCUT2D eigenvalue weighted by Gasteiger charge is -2.14. The van der Waals surface area contributed by atoms with Gasteiger partial charge < -0.3 is 14.2 Å². The van der Waals surface area contributed by atoms with E-state index in [9.17, 15) is 0 Å². The van der Waals surface area contributed by atoms with Crippen molar-refractivity contribution in [1.82, 2.24) is 0 Å². The van der Waals surface area contributed by atoms with Crippen LogP contribution in [0.4, 0.5) is 0 Å². The third-order valence-corrected chi connectivity index (χ3v) is 3.40. The summed E-state index contributed by atoms with van der Waals surface area (Å²) < 4.78 is 16.0. The summed E-state index contributed by atoms with van der Waals surface area (Å²) in [6.45, 7) is 4.33. The maximum Gasteiger partial charge on any atom is 0.160 e. The zero-order valence-electron chi connectivity index (χ0n) is 10.9. The van der Waals surface area contributed by atoms with E-state index in [0.29, 0.717) is 18.1 Å². The predicted molar refractivity (Wildman–Crippen MR) is 66.9 cm³/mol. The molecular weight excluding hydrogens is 216 g/mol. The monoisotopic (exact) mass is 236 g/mol. The normalized spacial score (nSPS) is 24.2. The van der Waals surface area contributed by atoms with Crippen molar-refractivity contribution in [3.8, 4) is 11.5 Å². The van der Waals surface area contributed by atoms with Gasteiger partial charge in [0.25, 0.3) is 0 Å². The predicted octanol–water partition coefficient (Wildman–Crippen LogP) is 2.98. The van der Waals surface area contributed by atoms with E-state index in [2.05, 4.69) is 26.0 Å². The summed E-state index contributed by atoms with van der Waals surface area (Å²) in [6.07, 6.45) is 1.92. The van der Waals surface area contributed by atoms with E-state index in [1.54, 1.807) is 14.2 Å². The molecule has 3 atom stereocenters. The Hall–Kier alpha value is -1.22. The fourth-order valence-corrected chi connectivity index (χ4v) is 2.12. The lowest BCUT2D eigenvalue weighted by molar-refractivity contribution is 0.352. The molecule has 1 aromatic rings. The van der Waals surface area contributed by atoms with Gasteiger partial charge >= 0.3 is 0 Å². The number of hydrogen-bond donors (Lipinski definition) is 0. The van der Waals surface area contributed by atoms with Crippen LogP contribution in [0.1, 0.15) is 31.7 Å². The number of epoxide rings is 1. The first-order valence-electron chi connectivity index (χ1n) is 6.03. The van der Waals surface area contributed by atoms with Gasteiger partial charge in [0, 0.05) is 0 Å². The molecule has 94 valence electrons. The molecule has 0 aromatic heterocycles. The summed E-state index contributed by atoms with van der Waals surface area (Å²) in [7, 11) is 3.32. The van der Waals surface area contributed by atoms with Crippen LogP contribution < -0.4 is 9.47 Å². The average Bonchev–Trinajstić information content (AvgIpc) is 3.03. The Kier molecular flexibility index (Phi) is 3.57. The molecule has 1 heterocycles. The Balaban J connectivity index is 2.09. The minimum Gasteiger partial charge on any atom is -0.493 e. The van der Waals surface area contributed by atoms with E-state index in [0.717, 1.165) is 17.9 Å². The standard InChI is InChI=1S/C14H20O3/c1-9(7-13-10(2)17-13)11-5-6-12(15-3)14(8-11)16-4/h5-6,8-10,13H,7H2,1-4H3. The minimum atomic E-state index is 0.428. The van der Waals surface area contributed by atoms with Gasteiger partial charge in [-0.3, -0.25) is 0 Å². The highest BCUT2D eigenvalue weighted by atomic mass is 16.6. The number of hydrogen-bond acceptors (Lipinski definition) is 3. The van der Waals surface area contributed by atoms with Crippen LogP contribution in [0.25, 0.3) is 0 Å². The van der Waals surface area contributed by atoms with Crippen molar-refractivity contribution in [2.75, 3.05) is 14.2 Å². The zero-order valence-corrected chi connectivity index (χ0v) is 10.9. The van der Waals surface area contributed by atoms with Gasteiger partial charge in [0.2, 0.25) is 0 Å². The van der Waals surface area contributed by atoms with Crippen molar-refractivity contribution in [2.24, 2.45) is 0 Å². The van der Waals surface area contributed by atoms with Crippen molar-refractivity contribution in [3.05, 3.63) is 23.8 Å². The summed E-state index contributed by atoms with van der Waals surface area (Å²) in [5, 5.41) is 0. The van der Waals surface area contributed by atoms with Crippen LogP contribution >= 0.6 is 0 Å². The Labute approximate surface area is 103 Å². The second-order valence-corrected chi connectivity index (χ2v) is 4.63. The Morgan fingerprint density at radius 2 is 1.88 bits per heavy atom. The maximum absolute atomic E-state index is 5.45. The largest absolute Gasteiger partial charge is 0.493 e. The fourth-order valence-electron chi connectivity index (χ4n) is 2.12. The Morgan fingerprint density at radius 1 is 1.24 bits per heavy atom. The van der Waals surface area contributed by atoms with Crippen LogP contribution in [0.2, 0.25) is 0 Å². The molecule has 0 spiro atoms. The van der Waals surface area contributed by atoms with Crippen LogP contribution in [0.15, 0.2) is 18.2 Å². The average molecular weight is 236 g/mol. The molecule has 0 N–H and O–H groups in total. The molecule has 1 aromatic carbocycles. The zero-order chi connectivity index (χ0) is 12.4. The Morgan fingerprint density at radius 3 is 2.41 bits per heavy atom. The van der Waals surface area contributed by atoms with Crippen molar-refractivity contribution in [1.29, 1.82) is 0 Å². The maximum atomic E-state index is 5.45. The summed E-state index contributed by atoms with van der Waals surface area (Å²) >= 11 is 0. The number of methoxy groups -OCH3 is 2.